The standard InChI is InChI=1S/C16H18N2O4S2/c1-10-7-8-23-15(10)16(19)17-13-9-12(5-6-14(13)22-2)24(20,21)18-11-3-4-11/h5-9,11,18H,3-4H2,1-2H3,(H,17,19). The minimum Gasteiger partial charge on any atom is -0.495 e. The molecule has 0 radical (unpaired) electrons. The lowest BCUT2D eigenvalue weighted by atomic mass is 10.2. The topological polar surface area (TPSA) is 84.5 Å². The van der Waals surface area contributed by atoms with Crippen LogP contribution in [0.1, 0.15) is 28.1 Å². The number of amides is 1. The number of anilines is 1. The monoisotopic (exact) mass is 366 g/mol. The van der Waals surface area contributed by atoms with Crippen LogP contribution in [-0.2, 0) is 10.0 Å². The predicted molar refractivity (Wildman–Crippen MR) is 93.3 cm³/mol. The molecular weight excluding hydrogens is 348 g/mol. The van der Waals surface area contributed by atoms with E-state index in [-0.39, 0.29) is 16.8 Å². The summed E-state index contributed by atoms with van der Waals surface area (Å²) in [5.41, 5.74) is 1.20. The van der Waals surface area contributed by atoms with Gasteiger partial charge in [-0.05, 0) is 55.0 Å². The molecule has 1 amide bonds. The maximum absolute atomic E-state index is 12.4. The predicted octanol–water partition coefficient (Wildman–Crippen LogP) is 2.76. The van der Waals surface area contributed by atoms with Gasteiger partial charge in [0.25, 0.3) is 5.91 Å². The maximum atomic E-state index is 12.4. The minimum atomic E-state index is -3.60. The highest BCUT2D eigenvalue weighted by Crippen LogP contribution is 2.30. The minimum absolute atomic E-state index is 0.0175. The third-order valence-electron chi connectivity index (χ3n) is 3.70. The summed E-state index contributed by atoms with van der Waals surface area (Å²) >= 11 is 1.33. The third kappa shape index (κ3) is 3.61. The average molecular weight is 366 g/mol. The van der Waals surface area contributed by atoms with E-state index in [1.807, 2.05) is 18.4 Å². The molecule has 0 bridgehead atoms. The van der Waals surface area contributed by atoms with Crippen molar-refractivity contribution < 1.29 is 17.9 Å². The van der Waals surface area contributed by atoms with Crippen LogP contribution in [0.3, 0.4) is 0 Å². The Morgan fingerprint density at radius 2 is 2.04 bits per heavy atom. The van der Waals surface area contributed by atoms with Crippen LogP contribution in [0.15, 0.2) is 34.5 Å². The fraction of sp³-hybridized carbons (Fsp3) is 0.312. The Hall–Kier alpha value is -1.90. The van der Waals surface area contributed by atoms with Gasteiger partial charge in [-0.1, -0.05) is 0 Å². The van der Waals surface area contributed by atoms with Crippen LogP contribution in [-0.4, -0.2) is 27.5 Å². The second-order valence-electron chi connectivity index (χ2n) is 5.64. The SMILES string of the molecule is COc1ccc(S(=O)(=O)NC2CC2)cc1NC(=O)c1sccc1C. The van der Waals surface area contributed by atoms with Crippen LogP contribution in [0.25, 0.3) is 0 Å². The molecule has 6 nitrogen and oxygen atoms in total. The molecule has 0 saturated heterocycles. The molecule has 0 unspecified atom stereocenters. The Morgan fingerprint density at radius 3 is 2.62 bits per heavy atom. The van der Waals surface area contributed by atoms with Gasteiger partial charge in [-0.3, -0.25) is 4.79 Å². The number of carbonyl (C=O) groups excluding carboxylic acids is 1. The molecule has 24 heavy (non-hydrogen) atoms. The highest BCUT2D eigenvalue weighted by molar-refractivity contribution is 7.89. The molecule has 0 aliphatic heterocycles. The molecule has 0 spiro atoms. The van der Waals surface area contributed by atoms with E-state index < -0.39 is 10.0 Å². The van der Waals surface area contributed by atoms with E-state index in [4.69, 9.17) is 4.74 Å². The normalized spacial score (nSPS) is 14.4. The average Bonchev–Trinajstić information content (AvgIpc) is 3.23. The number of aryl methyl sites for hydroxylation is 1. The number of sulfonamides is 1. The van der Waals surface area contributed by atoms with Gasteiger partial charge in [-0.25, -0.2) is 13.1 Å². The first-order chi connectivity index (χ1) is 11.4. The Labute approximate surface area is 144 Å². The molecule has 128 valence electrons. The van der Waals surface area contributed by atoms with Gasteiger partial charge >= 0.3 is 0 Å². The first-order valence-electron chi connectivity index (χ1n) is 7.46. The van der Waals surface area contributed by atoms with Gasteiger partial charge in [0, 0.05) is 6.04 Å². The molecule has 1 aliphatic carbocycles. The summed E-state index contributed by atoms with van der Waals surface area (Å²) in [6.07, 6.45) is 1.72. The Morgan fingerprint density at radius 1 is 1.29 bits per heavy atom. The van der Waals surface area contributed by atoms with Gasteiger partial charge in [-0.2, -0.15) is 0 Å². The van der Waals surface area contributed by atoms with Crippen molar-refractivity contribution in [3.05, 3.63) is 40.1 Å². The summed E-state index contributed by atoms with van der Waals surface area (Å²) in [5.74, 6) is 0.119. The van der Waals surface area contributed by atoms with Gasteiger partial charge < -0.3 is 10.1 Å². The second kappa shape index (κ2) is 6.54. The van der Waals surface area contributed by atoms with Crippen molar-refractivity contribution >= 4 is 33.0 Å². The van der Waals surface area contributed by atoms with Crippen molar-refractivity contribution in [2.75, 3.05) is 12.4 Å². The third-order valence-corrected chi connectivity index (χ3v) is 6.23. The number of hydrogen-bond acceptors (Lipinski definition) is 5. The number of carbonyl (C=O) groups is 1. The Kier molecular flexibility index (Phi) is 4.62. The van der Waals surface area contributed by atoms with Crippen LogP contribution >= 0.6 is 11.3 Å². The highest BCUT2D eigenvalue weighted by Gasteiger charge is 2.28. The fourth-order valence-electron chi connectivity index (χ4n) is 2.23. The summed E-state index contributed by atoms with van der Waals surface area (Å²) in [6.45, 7) is 1.85. The van der Waals surface area contributed by atoms with E-state index >= 15 is 0 Å². The van der Waals surface area contributed by atoms with Crippen LogP contribution in [0.4, 0.5) is 5.69 Å². The summed E-state index contributed by atoms with van der Waals surface area (Å²) in [5, 5.41) is 4.58. The first-order valence-corrected chi connectivity index (χ1v) is 9.83. The molecule has 1 saturated carbocycles. The van der Waals surface area contributed by atoms with Gasteiger partial charge in [0.1, 0.15) is 5.75 Å². The molecule has 1 fully saturated rings. The summed E-state index contributed by atoms with van der Waals surface area (Å²) < 4.78 is 32.5. The summed E-state index contributed by atoms with van der Waals surface area (Å²) in [7, 11) is -2.13. The molecule has 8 heteroatoms. The van der Waals surface area contributed by atoms with Gasteiger partial charge in [0.15, 0.2) is 0 Å². The number of hydrogen-bond donors (Lipinski definition) is 2. The van der Waals surface area contributed by atoms with E-state index in [2.05, 4.69) is 10.0 Å². The molecule has 2 N–H and O–H groups in total. The van der Waals surface area contributed by atoms with Crippen molar-refractivity contribution in [1.29, 1.82) is 0 Å². The summed E-state index contributed by atoms with van der Waals surface area (Å²) in [4.78, 5) is 13.1. The van der Waals surface area contributed by atoms with Gasteiger partial charge in [0.2, 0.25) is 10.0 Å². The van der Waals surface area contributed by atoms with E-state index in [1.165, 1.54) is 30.6 Å². The molecule has 1 aromatic heterocycles. The molecule has 3 rings (SSSR count). The van der Waals surface area contributed by atoms with Gasteiger partial charge in [0.05, 0.1) is 22.6 Å². The zero-order chi connectivity index (χ0) is 17.3. The molecule has 1 aliphatic rings. The van der Waals surface area contributed by atoms with Crippen molar-refractivity contribution in [3.63, 3.8) is 0 Å². The molecule has 0 atom stereocenters. The Bertz CT molecular complexity index is 870. The number of rotatable bonds is 6. The number of thiophene rings is 1. The molecular formula is C16H18N2O4S2. The fourth-order valence-corrected chi connectivity index (χ4v) is 4.38. The van der Waals surface area contributed by atoms with Crippen molar-refractivity contribution in [3.8, 4) is 5.75 Å². The largest absolute Gasteiger partial charge is 0.495 e. The molecule has 1 heterocycles. The van der Waals surface area contributed by atoms with Crippen molar-refractivity contribution in [2.45, 2.75) is 30.7 Å². The van der Waals surface area contributed by atoms with Crippen LogP contribution in [0, 0.1) is 6.92 Å². The van der Waals surface area contributed by atoms with Crippen molar-refractivity contribution in [1.82, 2.24) is 4.72 Å². The molecule has 1 aromatic carbocycles. The number of benzene rings is 1. The van der Waals surface area contributed by atoms with E-state index in [0.717, 1.165) is 18.4 Å². The lowest BCUT2D eigenvalue weighted by Gasteiger charge is -2.12. The lowest BCUT2D eigenvalue weighted by molar-refractivity contribution is 0.102. The zero-order valence-electron chi connectivity index (χ0n) is 13.3. The quantitative estimate of drug-likeness (QED) is 0.823. The van der Waals surface area contributed by atoms with E-state index in [1.54, 1.807) is 6.07 Å². The van der Waals surface area contributed by atoms with E-state index in [0.29, 0.717) is 16.3 Å². The van der Waals surface area contributed by atoms with E-state index in [9.17, 15) is 13.2 Å². The first kappa shape index (κ1) is 16.9. The van der Waals surface area contributed by atoms with Crippen LogP contribution in [0.5, 0.6) is 5.75 Å². The number of methoxy groups -OCH3 is 1. The number of ether oxygens (including phenoxy) is 1. The van der Waals surface area contributed by atoms with Crippen LogP contribution in [0.2, 0.25) is 0 Å². The van der Waals surface area contributed by atoms with Gasteiger partial charge in [-0.15, -0.1) is 11.3 Å². The number of nitrogens with one attached hydrogen (secondary N) is 2. The zero-order valence-corrected chi connectivity index (χ0v) is 15.0. The molecule has 2 aromatic rings. The van der Waals surface area contributed by atoms with Crippen molar-refractivity contribution in [2.24, 2.45) is 0 Å². The smallest absolute Gasteiger partial charge is 0.266 e. The highest BCUT2D eigenvalue weighted by atomic mass is 32.2. The Balaban J connectivity index is 1.89. The second-order valence-corrected chi connectivity index (χ2v) is 8.27. The van der Waals surface area contributed by atoms with Crippen LogP contribution < -0.4 is 14.8 Å². The lowest BCUT2D eigenvalue weighted by Crippen LogP contribution is -2.25. The maximum Gasteiger partial charge on any atom is 0.266 e. The summed E-state index contributed by atoms with van der Waals surface area (Å²) in [6, 6.07) is 6.30.